The molecule has 1 saturated carbocycles. The first-order valence-corrected chi connectivity index (χ1v) is 7.96. The second-order valence-corrected chi connectivity index (χ2v) is 6.51. The van der Waals surface area contributed by atoms with Gasteiger partial charge in [-0.3, -0.25) is 9.69 Å². The van der Waals surface area contributed by atoms with Gasteiger partial charge in [-0.25, -0.2) is 4.39 Å². The molecule has 5 nitrogen and oxygen atoms in total. The predicted molar refractivity (Wildman–Crippen MR) is 88.3 cm³/mol. The molecule has 1 atom stereocenters. The number of amides is 1. The second kappa shape index (κ2) is 6.79. The molecule has 1 aliphatic rings. The first-order chi connectivity index (χ1) is 10.4. The zero-order valence-electron chi connectivity index (χ0n) is 12.4. The van der Waals surface area contributed by atoms with Gasteiger partial charge in [0.1, 0.15) is 12.2 Å². The van der Waals surface area contributed by atoms with Crippen molar-refractivity contribution in [2.45, 2.75) is 38.1 Å². The van der Waals surface area contributed by atoms with Gasteiger partial charge in [0.2, 0.25) is 11.8 Å². The third-order valence-corrected chi connectivity index (χ3v) is 4.24. The Morgan fingerprint density at radius 2 is 2.32 bits per heavy atom. The molecule has 0 aromatic heterocycles. The molecule has 0 saturated heterocycles. The van der Waals surface area contributed by atoms with Crippen LogP contribution in [0.2, 0.25) is 0 Å². The lowest BCUT2D eigenvalue weighted by Crippen LogP contribution is -2.57. The van der Waals surface area contributed by atoms with Gasteiger partial charge in [0.15, 0.2) is 0 Å². The molecule has 1 aromatic carbocycles. The lowest BCUT2D eigenvalue weighted by atomic mass is 10.2. The lowest BCUT2D eigenvalue weighted by molar-refractivity contribution is -0.158. The highest BCUT2D eigenvalue weighted by atomic mass is 127. The van der Waals surface area contributed by atoms with Crippen LogP contribution in [0.15, 0.2) is 18.2 Å². The molecule has 1 aliphatic carbocycles. The first kappa shape index (κ1) is 17.0. The van der Waals surface area contributed by atoms with Crippen LogP contribution in [0, 0.1) is 20.7 Å². The SMILES string of the molecule is COC(C)(Nc1ccc(I)cc1F)N(C(=O)CC#N)C1CC1. The molecular formula is C15H17FIN3O2. The number of halogens is 2. The largest absolute Gasteiger partial charge is 0.342 e. The van der Waals surface area contributed by atoms with Crippen molar-refractivity contribution in [3.8, 4) is 6.07 Å². The number of ether oxygens (including phenoxy) is 1. The van der Waals surface area contributed by atoms with E-state index in [0.717, 1.165) is 16.4 Å². The predicted octanol–water partition coefficient (Wildman–Crippen LogP) is 3.07. The molecule has 1 N–H and O–H groups in total. The number of carbonyl (C=O) groups is 1. The summed E-state index contributed by atoms with van der Waals surface area (Å²) in [4.78, 5) is 13.8. The molecule has 1 aromatic rings. The number of carbonyl (C=O) groups excluding carboxylic acids is 1. The van der Waals surface area contributed by atoms with E-state index < -0.39 is 11.7 Å². The number of hydrogen-bond acceptors (Lipinski definition) is 4. The number of benzene rings is 1. The van der Waals surface area contributed by atoms with Crippen molar-refractivity contribution in [3.05, 3.63) is 27.6 Å². The summed E-state index contributed by atoms with van der Waals surface area (Å²) in [5, 5.41) is 11.7. The van der Waals surface area contributed by atoms with Crippen LogP contribution in [0.3, 0.4) is 0 Å². The lowest BCUT2D eigenvalue weighted by Gasteiger charge is -2.41. The summed E-state index contributed by atoms with van der Waals surface area (Å²) in [5.74, 6) is -1.95. The molecule has 0 aliphatic heterocycles. The number of methoxy groups -OCH3 is 1. The zero-order chi connectivity index (χ0) is 16.3. The van der Waals surface area contributed by atoms with Crippen LogP contribution in [-0.4, -0.2) is 29.8 Å². The summed E-state index contributed by atoms with van der Waals surface area (Å²) in [6.45, 7) is 1.66. The number of nitrogens with zero attached hydrogens (tertiary/aromatic N) is 2. The Labute approximate surface area is 142 Å². The number of rotatable bonds is 6. The van der Waals surface area contributed by atoms with Crippen LogP contribution in [0.5, 0.6) is 0 Å². The van der Waals surface area contributed by atoms with Gasteiger partial charge in [-0.05, 0) is 53.6 Å². The second-order valence-electron chi connectivity index (χ2n) is 5.27. The Morgan fingerprint density at radius 1 is 1.64 bits per heavy atom. The average Bonchev–Trinajstić information content (AvgIpc) is 3.27. The molecule has 118 valence electrons. The van der Waals surface area contributed by atoms with E-state index in [1.165, 1.54) is 18.1 Å². The number of anilines is 1. The summed E-state index contributed by atoms with van der Waals surface area (Å²) in [6.07, 6.45) is 1.48. The minimum absolute atomic E-state index is 0.0187. The molecule has 7 heteroatoms. The van der Waals surface area contributed by atoms with Crippen molar-refractivity contribution in [1.82, 2.24) is 4.90 Å². The molecule has 2 rings (SSSR count). The van der Waals surface area contributed by atoms with E-state index >= 15 is 0 Å². The van der Waals surface area contributed by atoms with Crippen molar-refractivity contribution >= 4 is 34.2 Å². The van der Waals surface area contributed by atoms with Crippen LogP contribution in [0.4, 0.5) is 10.1 Å². The number of hydrogen-bond donors (Lipinski definition) is 1. The fourth-order valence-electron chi connectivity index (χ4n) is 2.33. The van der Waals surface area contributed by atoms with Gasteiger partial charge in [-0.1, -0.05) is 0 Å². The highest BCUT2D eigenvalue weighted by molar-refractivity contribution is 14.1. The maximum Gasteiger partial charge on any atom is 0.240 e. The monoisotopic (exact) mass is 417 g/mol. The van der Waals surface area contributed by atoms with Gasteiger partial charge >= 0.3 is 0 Å². The fraction of sp³-hybridized carbons (Fsp3) is 0.467. The Kier molecular flexibility index (Phi) is 5.24. The Morgan fingerprint density at radius 3 is 2.82 bits per heavy atom. The molecular weight excluding hydrogens is 400 g/mol. The van der Waals surface area contributed by atoms with Gasteiger partial charge in [0.05, 0.1) is 11.8 Å². The minimum atomic E-state index is -1.21. The molecule has 0 heterocycles. The minimum Gasteiger partial charge on any atom is -0.342 e. The number of nitrogens with one attached hydrogen (secondary N) is 1. The normalized spacial score (nSPS) is 16.5. The third-order valence-electron chi connectivity index (χ3n) is 3.57. The molecule has 1 unspecified atom stereocenters. The maximum absolute atomic E-state index is 14.1. The Balaban J connectivity index is 2.29. The van der Waals surface area contributed by atoms with Gasteiger partial charge in [-0.2, -0.15) is 5.26 Å². The summed E-state index contributed by atoms with van der Waals surface area (Å²) in [6, 6.07) is 6.65. The zero-order valence-corrected chi connectivity index (χ0v) is 14.6. The van der Waals surface area contributed by atoms with Crippen molar-refractivity contribution in [1.29, 1.82) is 5.26 Å². The Hall–Kier alpha value is -1.40. The van der Waals surface area contributed by atoms with E-state index in [-0.39, 0.29) is 24.1 Å². The van der Waals surface area contributed by atoms with Gasteiger partial charge < -0.3 is 10.1 Å². The molecule has 22 heavy (non-hydrogen) atoms. The summed E-state index contributed by atoms with van der Waals surface area (Å²) in [5.41, 5.74) is 0.250. The van der Waals surface area contributed by atoms with E-state index in [2.05, 4.69) is 5.32 Å². The third kappa shape index (κ3) is 3.67. The summed E-state index contributed by atoms with van der Waals surface area (Å²) >= 11 is 2.02. The van der Waals surface area contributed by atoms with E-state index in [1.807, 2.05) is 28.7 Å². The van der Waals surface area contributed by atoms with Crippen LogP contribution in [0.25, 0.3) is 0 Å². The Bertz CT molecular complexity index is 615. The van der Waals surface area contributed by atoms with Crippen molar-refractivity contribution in [2.24, 2.45) is 0 Å². The van der Waals surface area contributed by atoms with Gasteiger partial charge in [0.25, 0.3) is 0 Å². The molecule has 0 radical (unpaired) electrons. The summed E-state index contributed by atoms with van der Waals surface area (Å²) < 4.78 is 20.3. The quantitative estimate of drug-likeness (QED) is 0.571. The summed E-state index contributed by atoms with van der Waals surface area (Å²) in [7, 11) is 1.45. The first-order valence-electron chi connectivity index (χ1n) is 6.89. The highest BCUT2D eigenvalue weighted by Gasteiger charge is 2.45. The van der Waals surface area contributed by atoms with Crippen molar-refractivity contribution in [3.63, 3.8) is 0 Å². The smallest absolute Gasteiger partial charge is 0.240 e. The van der Waals surface area contributed by atoms with Crippen LogP contribution >= 0.6 is 22.6 Å². The van der Waals surface area contributed by atoms with Crippen LogP contribution in [0.1, 0.15) is 26.2 Å². The van der Waals surface area contributed by atoms with E-state index in [4.69, 9.17) is 10.00 Å². The fourth-order valence-corrected chi connectivity index (χ4v) is 2.78. The molecule has 0 spiro atoms. The number of nitriles is 1. The van der Waals surface area contributed by atoms with Crippen molar-refractivity contribution < 1.29 is 13.9 Å². The molecule has 0 bridgehead atoms. The van der Waals surface area contributed by atoms with E-state index in [0.29, 0.717) is 0 Å². The average molecular weight is 417 g/mol. The van der Waals surface area contributed by atoms with Crippen LogP contribution in [-0.2, 0) is 9.53 Å². The maximum atomic E-state index is 14.1. The van der Waals surface area contributed by atoms with Crippen molar-refractivity contribution in [2.75, 3.05) is 12.4 Å². The van der Waals surface area contributed by atoms with E-state index in [9.17, 15) is 9.18 Å². The van der Waals surface area contributed by atoms with E-state index in [1.54, 1.807) is 19.1 Å². The standard InChI is InChI=1S/C15H17FIN3O2/c1-15(22-2,19-13-6-3-10(17)9-12(13)16)20(11-4-5-11)14(21)7-8-18/h3,6,9,11,19H,4-5,7H2,1-2H3. The molecule has 1 fully saturated rings. The van der Waals surface area contributed by atoms with Gasteiger partial charge in [-0.15, -0.1) is 0 Å². The van der Waals surface area contributed by atoms with Crippen LogP contribution < -0.4 is 5.32 Å². The topological polar surface area (TPSA) is 65.4 Å². The van der Waals surface area contributed by atoms with Gasteiger partial charge in [0, 0.05) is 23.6 Å². The highest BCUT2D eigenvalue weighted by Crippen LogP contribution is 2.35. The molecule has 1 amide bonds.